The number of ether oxygens (including phenoxy) is 2. The number of benzene rings is 2. The molecule has 1 N–H and O–H groups in total. The fourth-order valence-corrected chi connectivity index (χ4v) is 2.68. The van der Waals surface area contributed by atoms with Gasteiger partial charge in [-0.25, -0.2) is 4.79 Å². The van der Waals surface area contributed by atoms with Gasteiger partial charge in [-0.2, -0.15) is 0 Å². The maximum absolute atomic E-state index is 12.1. The minimum atomic E-state index is -0.542. The van der Waals surface area contributed by atoms with Gasteiger partial charge < -0.3 is 14.8 Å². The quantitative estimate of drug-likeness (QED) is 0.648. The topological polar surface area (TPSA) is 64.6 Å². The Bertz CT molecular complexity index is 728. The van der Waals surface area contributed by atoms with Gasteiger partial charge in [-0.3, -0.25) is 4.79 Å². The van der Waals surface area contributed by atoms with E-state index < -0.39 is 5.97 Å². The van der Waals surface area contributed by atoms with E-state index in [1.807, 2.05) is 38.1 Å². The van der Waals surface area contributed by atoms with Crippen LogP contribution in [-0.4, -0.2) is 25.1 Å². The summed E-state index contributed by atoms with van der Waals surface area (Å²) in [4.78, 5) is 24.1. The fourth-order valence-electron chi connectivity index (χ4n) is 2.42. The number of hydrogen-bond donors (Lipinski definition) is 1. The second-order valence-corrected chi connectivity index (χ2v) is 6.53. The summed E-state index contributed by atoms with van der Waals surface area (Å²) in [7, 11) is 0. The van der Waals surface area contributed by atoms with Crippen LogP contribution in [0.2, 0.25) is 0 Å². The summed E-state index contributed by atoms with van der Waals surface area (Å²) in [5.41, 5.74) is 1.38. The first-order valence-corrected chi connectivity index (χ1v) is 9.27. The van der Waals surface area contributed by atoms with Crippen LogP contribution in [0.5, 0.6) is 5.75 Å². The van der Waals surface area contributed by atoms with Gasteiger partial charge in [0.25, 0.3) is 5.91 Å². The van der Waals surface area contributed by atoms with Crippen molar-refractivity contribution < 1.29 is 19.1 Å². The first kappa shape index (κ1) is 20.0. The Balaban J connectivity index is 1.86. The number of carbonyl (C=O) groups is 2. The lowest BCUT2D eigenvalue weighted by atomic mass is 10.0. The highest BCUT2D eigenvalue weighted by Crippen LogP contribution is 2.19. The average Bonchev–Trinajstić information content (AvgIpc) is 2.66. The minimum Gasteiger partial charge on any atom is -0.494 e. The summed E-state index contributed by atoms with van der Waals surface area (Å²) >= 11 is 3.39. The molecule has 0 fully saturated rings. The van der Waals surface area contributed by atoms with Crippen LogP contribution in [0.15, 0.2) is 53.0 Å². The molecule has 2 aromatic rings. The Morgan fingerprint density at radius 2 is 1.69 bits per heavy atom. The van der Waals surface area contributed by atoms with E-state index in [2.05, 4.69) is 21.2 Å². The number of nitrogens with one attached hydrogen (secondary N) is 1. The zero-order valence-electron chi connectivity index (χ0n) is 14.8. The predicted molar refractivity (Wildman–Crippen MR) is 103 cm³/mol. The maximum atomic E-state index is 12.1. The third kappa shape index (κ3) is 5.88. The van der Waals surface area contributed by atoms with Crippen LogP contribution in [0.3, 0.4) is 0 Å². The van der Waals surface area contributed by atoms with Crippen molar-refractivity contribution in [2.24, 2.45) is 0 Å². The molecule has 1 amide bonds. The first-order chi connectivity index (χ1) is 12.5. The van der Waals surface area contributed by atoms with Gasteiger partial charge in [0.2, 0.25) is 0 Å². The molecule has 0 aromatic heterocycles. The van der Waals surface area contributed by atoms with Gasteiger partial charge in [-0.15, -0.1) is 0 Å². The van der Waals surface area contributed by atoms with Crippen molar-refractivity contribution in [1.29, 1.82) is 0 Å². The molecule has 0 bridgehead atoms. The van der Waals surface area contributed by atoms with Gasteiger partial charge >= 0.3 is 5.97 Å². The summed E-state index contributed by atoms with van der Waals surface area (Å²) in [5, 5.41) is 2.88. The van der Waals surface area contributed by atoms with Crippen molar-refractivity contribution in [3.8, 4) is 5.75 Å². The average molecular weight is 420 g/mol. The van der Waals surface area contributed by atoms with Crippen molar-refractivity contribution in [1.82, 2.24) is 5.32 Å². The molecule has 26 heavy (non-hydrogen) atoms. The van der Waals surface area contributed by atoms with E-state index in [4.69, 9.17) is 9.47 Å². The summed E-state index contributed by atoms with van der Waals surface area (Å²) in [6, 6.07) is 14.2. The molecule has 0 aliphatic carbocycles. The number of rotatable bonds is 8. The van der Waals surface area contributed by atoms with Crippen molar-refractivity contribution in [3.05, 3.63) is 64.1 Å². The molecule has 0 unspecified atom stereocenters. The Kier molecular flexibility index (Phi) is 7.66. The lowest BCUT2D eigenvalue weighted by molar-refractivity contribution is -0.125. The molecule has 0 aliphatic heterocycles. The van der Waals surface area contributed by atoms with Gasteiger partial charge in [0.1, 0.15) is 5.75 Å². The Hall–Kier alpha value is -2.34. The molecule has 0 radical (unpaired) electrons. The van der Waals surface area contributed by atoms with E-state index in [-0.39, 0.29) is 18.6 Å². The van der Waals surface area contributed by atoms with Gasteiger partial charge in [-0.1, -0.05) is 35.0 Å². The minimum absolute atomic E-state index is 0.125. The van der Waals surface area contributed by atoms with Crippen LogP contribution in [0.25, 0.3) is 0 Å². The zero-order chi connectivity index (χ0) is 18.9. The highest BCUT2D eigenvalue weighted by molar-refractivity contribution is 9.10. The number of esters is 1. The van der Waals surface area contributed by atoms with Crippen molar-refractivity contribution in [2.75, 3.05) is 13.2 Å². The van der Waals surface area contributed by atoms with Gasteiger partial charge in [0.05, 0.1) is 18.2 Å². The van der Waals surface area contributed by atoms with E-state index in [0.717, 1.165) is 16.5 Å². The van der Waals surface area contributed by atoms with Crippen molar-refractivity contribution in [3.63, 3.8) is 0 Å². The summed E-state index contributed by atoms with van der Waals surface area (Å²) in [5.74, 6) is -0.193. The molecule has 6 heteroatoms. The maximum Gasteiger partial charge on any atom is 0.338 e. The molecule has 1 atom stereocenters. The first-order valence-electron chi connectivity index (χ1n) is 8.48. The predicted octanol–water partition coefficient (Wildman–Crippen LogP) is 4.27. The number of halogens is 1. The van der Waals surface area contributed by atoms with Crippen LogP contribution in [0.1, 0.15) is 42.2 Å². The SMILES string of the molecule is CCOc1ccc(C(=O)OCC(=O)N[C@@H](CC)c2ccc(Br)cc2)cc1. The molecule has 0 saturated carbocycles. The van der Waals surface area contributed by atoms with E-state index in [0.29, 0.717) is 17.9 Å². The third-order valence-corrected chi connectivity index (χ3v) is 4.28. The molecular weight excluding hydrogens is 398 g/mol. The van der Waals surface area contributed by atoms with E-state index in [9.17, 15) is 9.59 Å². The van der Waals surface area contributed by atoms with Gasteiger partial charge in [0, 0.05) is 4.47 Å². The summed E-state index contributed by atoms with van der Waals surface area (Å²) < 4.78 is 11.4. The second kappa shape index (κ2) is 9.97. The molecule has 5 nitrogen and oxygen atoms in total. The Labute approximate surface area is 161 Å². The highest BCUT2D eigenvalue weighted by Gasteiger charge is 2.15. The monoisotopic (exact) mass is 419 g/mol. The summed E-state index contributed by atoms with van der Waals surface area (Å²) in [6.07, 6.45) is 0.736. The van der Waals surface area contributed by atoms with E-state index in [1.165, 1.54) is 0 Å². The third-order valence-electron chi connectivity index (χ3n) is 3.75. The van der Waals surface area contributed by atoms with Crippen molar-refractivity contribution >= 4 is 27.8 Å². The smallest absolute Gasteiger partial charge is 0.338 e. The highest BCUT2D eigenvalue weighted by atomic mass is 79.9. The number of carbonyl (C=O) groups excluding carboxylic acids is 2. The standard InChI is InChI=1S/C20H22BrNO4/c1-3-18(14-5-9-16(21)10-6-14)22-19(23)13-26-20(24)15-7-11-17(12-8-15)25-4-2/h5-12,18H,3-4,13H2,1-2H3,(H,22,23)/t18-/m0/s1. The molecular formula is C20H22BrNO4. The van der Waals surface area contributed by atoms with Crippen molar-refractivity contribution in [2.45, 2.75) is 26.3 Å². The van der Waals surface area contributed by atoms with Crippen LogP contribution in [0, 0.1) is 0 Å². The summed E-state index contributed by atoms with van der Waals surface area (Å²) in [6.45, 7) is 4.11. The second-order valence-electron chi connectivity index (χ2n) is 5.61. The van der Waals surface area contributed by atoms with Crippen LogP contribution in [-0.2, 0) is 9.53 Å². The number of hydrogen-bond acceptors (Lipinski definition) is 4. The molecule has 0 heterocycles. The van der Waals surface area contributed by atoms with Crippen LogP contribution in [0.4, 0.5) is 0 Å². The fraction of sp³-hybridized carbons (Fsp3) is 0.300. The van der Waals surface area contributed by atoms with Crippen LogP contribution < -0.4 is 10.1 Å². The van der Waals surface area contributed by atoms with Crippen LogP contribution >= 0.6 is 15.9 Å². The lowest BCUT2D eigenvalue weighted by Crippen LogP contribution is -2.32. The number of amides is 1. The molecule has 0 spiro atoms. The Morgan fingerprint density at radius 1 is 1.04 bits per heavy atom. The Morgan fingerprint density at radius 3 is 2.27 bits per heavy atom. The van der Waals surface area contributed by atoms with E-state index in [1.54, 1.807) is 24.3 Å². The van der Waals surface area contributed by atoms with Gasteiger partial charge in [-0.05, 0) is 55.3 Å². The molecule has 2 aromatic carbocycles. The normalized spacial score (nSPS) is 11.5. The molecule has 138 valence electrons. The molecule has 0 saturated heterocycles. The molecule has 2 rings (SSSR count). The largest absolute Gasteiger partial charge is 0.494 e. The van der Waals surface area contributed by atoms with E-state index >= 15 is 0 Å². The zero-order valence-corrected chi connectivity index (χ0v) is 16.4. The lowest BCUT2D eigenvalue weighted by Gasteiger charge is -2.17. The molecule has 0 aliphatic rings. The van der Waals surface area contributed by atoms with Gasteiger partial charge in [0.15, 0.2) is 6.61 Å².